The van der Waals surface area contributed by atoms with E-state index >= 15 is 0 Å². The number of ether oxygens (including phenoxy) is 1. The molecule has 0 saturated heterocycles. The largest absolute Gasteiger partial charge is 0.507 e. The molecular formula is C18H31O6P. The topological polar surface area (TPSA) is 96.2 Å². The lowest BCUT2D eigenvalue weighted by molar-refractivity contribution is 0.138. The highest BCUT2D eigenvalue weighted by Gasteiger charge is 2.23. The van der Waals surface area contributed by atoms with Crippen LogP contribution in [0.3, 0.4) is 0 Å². The fourth-order valence-corrected chi connectivity index (χ4v) is 3.50. The summed E-state index contributed by atoms with van der Waals surface area (Å²) < 4.78 is 20.4. The van der Waals surface area contributed by atoms with Crippen LogP contribution in [0.4, 0.5) is 0 Å². The Morgan fingerprint density at radius 3 is 2.36 bits per heavy atom. The van der Waals surface area contributed by atoms with Crippen molar-refractivity contribution in [3.8, 4) is 11.5 Å². The predicted molar refractivity (Wildman–Crippen MR) is 98.2 cm³/mol. The third-order valence-electron chi connectivity index (χ3n) is 4.47. The van der Waals surface area contributed by atoms with Crippen molar-refractivity contribution in [3.63, 3.8) is 0 Å². The first-order chi connectivity index (χ1) is 11.5. The molecule has 2 rings (SSSR count). The molecule has 0 spiro atoms. The number of hydrogen-bond acceptors (Lipinski definition) is 4. The van der Waals surface area contributed by atoms with Crippen molar-refractivity contribution in [1.82, 2.24) is 0 Å². The Morgan fingerprint density at radius 1 is 1.24 bits per heavy atom. The van der Waals surface area contributed by atoms with Gasteiger partial charge in [-0.1, -0.05) is 13.3 Å². The number of hydrogen-bond donors (Lipinski definition) is 3. The van der Waals surface area contributed by atoms with Gasteiger partial charge in [-0.2, -0.15) is 0 Å². The maximum Gasteiger partial charge on any atom is 0.469 e. The van der Waals surface area contributed by atoms with E-state index in [0.29, 0.717) is 18.3 Å². The fourth-order valence-electron chi connectivity index (χ4n) is 2.93. The number of phenols is 1. The molecule has 1 aromatic rings. The Hall–Kier alpha value is -1.07. The molecule has 2 atom stereocenters. The van der Waals surface area contributed by atoms with Gasteiger partial charge in [-0.05, 0) is 70.6 Å². The van der Waals surface area contributed by atoms with Crippen LogP contribution in [0.1, 0.15) is 62.3 Å². The van der Waals surface area contributed by atoms with Crippen LogP contribution < -0.4 is 4.74 Å². The fraction of sp³-hybridized carbons (Fsp3) is 0.667. The highest BCUT2D eigenvalue weighted by Crippen LogP contribution is 2.40. The molecule has 6 nitrogen and oxygen atoms in total. The lowest BCUT2D eigenvalue weighted by Gasteiger charge is -2.27. The Labute approximate surface area is 150 Å². The van der Waals surface area contributed by atoms with Gasteiger partial charge in [0.1, 0.15) is 11.5 Å². The van der Waals surface area contributed by atoms with Gasteiger partial charge in [-0.15, -0.1) is 0 Å². The number of phosphoric ester groups is 1. The molecule has 2 unspecified atom stereocenters. The number of phosphoric acid groups is 1. The van der Waals surface area contributed by atoms with E-state index in [0.717, 1.165) is 41.7 Å². The van der Waals surface area contributed by atoms with E-state index in [1.54, 1.807) is 6.92 Å². The summed E-state index contributed by atoms with van der Waals surface area (Å²) in [6.45, 7) is 11.6. The number of phenolic OH excluding ortho intramolecular Hbond substituents is 1. The van der Waals surface area contributed by atoms with Crippen molar-refractivity contribution in [2.45, 2.75) is 79.4 Å². The van der Waals surface area contributed by atoms with Crippen molar-refractivity contribution in [2.24, 2.45) is 0 Å². The summed E-state index contributed by atoms with van der Waals surface area (Å²) in [5.41, 5.74) is 4.20. The minimum absolute atomic E-state index is 0.291. The number of rotatable bonds is 4. The van der Waals surface area contributed by atoms with Crippen LogP contribution in [-0.4, -0.2) is 27.1 Å². The van der Waals surface area contributed by atoms with E-state index in [2.05, 4.69) is 11.4 Å². The monoisotopic (exact) mass is 374 g/mol. The molecule has 25 heavy (non-hydrogen) atoms. The van der Waals surface area contributed by atoms with Gasteiger partial charge in [0, 0.05) is 5.56 Å². The smallest absolute Gasteiger partial charge is 0.469 e. The molecule has 0 fully saturated rings. The Morgan fingerprint density at radius 2 is 1.84 bits per heavy atom. The zero-order valence-electron chi connectivity index (χ0n) is 16.0. The summed E-state index contributed by atoms with van der Waals surface area (Å²) in [5.74, 6) is 1.44. The maximum atomic E-state index is 10.2. The minimum Gasteiger partial charge on any atom is -0.507 e. The second-order valence-electron chi connectivity index (χ2n) is 6.69. The summed E-state index contributed by atoms with van der Waals surface area (Å²) in [7, 11) is -4.25. The van der Waals surface area contributed by atoms with E-state index in [1.807, 2.05) is 27.7 Å². The summed E-state index contributed by atoms with van der Waals surface area (Å²) in [4.78, 5) is 16.6. The standard InChI is InChI=1S/C13H18O2.C5H13O4P/c1-7-5-6-11-10(4)12(14)8(2)9(3)13(11)15-7;1-3-4-5(2)9-10(6,7)8/h7,14H,5-6H2,1-4H3;5H,3-4H2,1-2H3,(H2,6,7,8). The average molecular weight is 374 g/mol. The highest BCUT2D eigenvalue weighted by atomic mass is 31.2. The number of aromatic hydroxyl groups is 1. The van der Waals surface area contributed by atoms with Gasteiger partial charge < -0.3 is 19.6 Å². The van der Waals surface area contributed by atoms with E-state index in [-0.39, 0.29) is 6.10 Å². The van der Waals surface area contributed by atoms with Gasteiger partial charge in [0.25, 0.3) is 0 Å². The molecule has 0 bridgehead atoms. The molecule has 0 radical (unpaired) electrons. The van der Waals surface area contributed by atoms with Crippen molar-refractivity contribution in [2.75, 3.05) is 0 Å². The van der Waals surface area contributed by atoms with Gasteiger partial charge in [-0.3, -0.25) is 4.52 Å². The number of fused-ring (bicyclic) bond motifs is 1. The van der Waals surface area contributed by atoms with Gasteiger partial charge in [0.15, 0.2) is 0 Å². The summed E-state index contributed by atoms with van der Waals surface area (Å²) in [6.07, 6.45) is 3.52. The normalized spacial score (nSPS) is 17.8. The third kappa shape index (κ3) is 6.30. The minimum atomic E-state index is -4.25. The zero-order valence-corrected chi connectivity index (χ0v) is 16.9. The highest BCUT2D eigenvalue weighted by molar-refractivity contribution is 7.46. The van der Waals surface area contributed by atoms with Crippen LogP contribution in [-0.2, 0) is 15.5 Å². The third-order valence-corrected chi connectivity index (χ3v) is 5.11. The van der Waals surface area contributed by atoms with E-state index in [1.165, 1.54) is 5.56 Å². The Kier molecular flexibility index (Phi) is 7.94. The lowest BCUT2D eigenvalue weighted by Crippen LogP contribution is -2.20. The Bertz CT molecular complexity index is 637. The van der Waals surface area contributed by atoms with Crippen molar-refractivity contribution < 1.29 is 28.7 Å². The molecular weight excluding hydrogens is 343 g/mol. The second-order valence-corrected chi connectivity index (χ2v) is 7.89. The molecule has 1 aromatic carbocycles. The van der Waals surface area contributed by atoms with Crippen LogP contribution in [0.5, 0.6) is 11.5 Å². The summed E-state index contributed by atoms with van der Waals surface area (Å²) >= 11 is 0. The molecule has 0 amide bonds. The molecule has 0 saturated carbocycles. The lowest BCUT2D eigenvalue weighted by atomic mass is 9.92. The Balaban J connectivity index is 0.000000275. The van der Waals surface area contributed by atoms with Crippen molar-refractivity contribution in [1.29, 1.82) is 0 Å². The maximum absolute atomic E-state index is 10.2. The molecule has 144 valence electrons. The van der Waals surface area contributed by atoms with E-state index in [4.69, 9.17) is 14.5 Å². The molecule has 3 N–H and O–H groups in total. The van der Waals surface area contributed by atoms with Crippen molar-refractivity contribution >= 4 is 7.82 Å². The van der Waals surface area contributed by atoms with Gasteiger partial charge in [0.2, 0.25) is 0 Å². The quantitative estimate of drug-likeness (QED) is 0.680. The first kappa shape index (κ1) is 22.0. The molecule has 7 heteroatoms. The average Bonchev–Trinajstić information content (AvgIpc) is 2.50. The van der Waals surface area contributed by atoms with Crippen LogP contribution in [0.15, 0.2) is 0 Å². The number of benzene rings is 1. The summed E-state index contributed by atoms with van der Waals surface area (Å²) in [5, 5.41) is 9.95. The van der Waals surface area contributed by atoms with Gasteiger partial charge in [0.05, 0.1) is 12.2 Å². The molecule has 1 aliphatic rings. The van der Waals surface area contributed by atoms with Crippen LogP contribution in [0.25, 0.3) is 0 Å². The zero-order chi connectivity index (χ0) is 19.4. The van der Waals surface area contributed by atoms with Crippen molar-refractivity contribution in [3.05, 3.63) is 22.3 Å². The second kappa shape index (κ2) is 9.04. The molecule has 0 aliphatic carbocycles. The first-order valence-corrected chi connectivity index (χ1v) is 10.2. The van der Waals surface area contributed by atoms with Crippen LogP contribution in [0.2, 0.25) is 0 Å². The molecule has 1 aliphatic heterocycles. The van der Waals surface area contributed by atoms with Crippen LogP contribution in [0, 0.1) is 20.8 Å². The van der Waals surface area contributed by atoms with E-state index < -0.39 is 7.82 Å². The SMILES string of the molecule is CCCC(C)OP(=O)(O)O.Cc1c(C)c2c(c(C)c1O)CCC(C)O2. The van der Waals surface area contributed by atoms with Gasteiger partial charge >= 0.3 is 7.82 Å². The molecule has 1 heterocycles. The molecule has 0 aromatic heterocycles. The van der Waals surface area contributed by atoms with E-state index in [9.17, 15) is 9.67 Å². The summed E-state index contributed by atoms with van der Waals surface area (Å²) in [6, 6.07) is 0. The predicted octanol–water partition coefficient (Wildman–Crippen LogP) is 4.32. The van der Waals surface area contributed by atoms with Crippen LogP contribution >= 0.6 is 7.82 Å². The first-order valence-electron chi connectivity index (χ1n) is 8.70. The van der Waals surface area contributed by atoms with Gasteiger partial charge in [-0.25, -0.2) is 4.57 Å².